The number of urea groups is 1. The van der Waals surface area contributed by atoms with Crippen molar-refractivity contribution in [2.75, 3.05) is 48.0 Å². The molecule has 0 aromatic heterocycles. The summed E-state index contributed by atoms with van der Waals surface area (Å²) < 4.78 is 26.2. The van der Waals surface area contributed by atoms with Crippen molar-refractivity contribution in [1.29, 1.82) is 0 Å². The number of Topliss-reactive ketones (excluding diaryl/α,β-unsaturated/α-hetero) is 4. The predicted molar refractivity (Wildman–Crippen MR) is 354 cm³/mol. The van der Waals surface area contributed by atoms with Gasteiger partial charge in [0.1, 0.15) is 18.1 Å². The van der Waals surface area contributed by atoms with Gasteiger partial charge in [-0.05, 0) is 81.5 Å². The standard InChI is InChI=1S/C67H117N9O15S/c1-25-27-28-42(13)57(81)55-60(83)69-48(26-2)51(77)33-44(15)62(85)76(23)58(67(17,18)36-72(19)66(89)71-92(24,90)91)54(80)35-47(40(9)10)65(88)74(21)49(30-38(5)6)52(78)32-43(14)59(82)68-45(16)63(86)73(20)50(31-39(7)8)53(79)34-46(29-37(3)4)64(87)75(22)56(41(11)12)61(84)70-55/h25,27,37-50,55-58,81H,26,28-36H2,1-24H3,(H,68,82)(H,69,83)(H,70,84)(H,71,89)/b27-25+/t42-,43-,44+,45-,46-,47+,48+,49+,50+,55+,56+,57-,58-/m1/s1. The number of ketones is 4. The second-order valence-electron chi connectivity index (χ2n) is 28.8. The molecule has 1 saturated heterocycles. The lowest BCUT2D eigenvalue weighted by Gasteiger charge is -2.42. The van der Waals surface area contributed by atoms with Crippen LogP contribution < -0.4 is 20.7 Å². The number of carbonyl (C=O) groups excluding carboxylic acids is 12. The van der Waals surface area contributed by atoms with Crippen LogP contribution in [0.2, 0.25) is 0 Å². The molecule has 0 aromatic carbocycles. The van der Waals surface area contributed by atoms with Crippen LogP contribution in [0.1, 0.15) is 182 Å². The van der Waals surface area contributed by atoms with Crippen LogP contribution in [0.4, 0.5) is 4.79 Å². The zero-order chi connectivity index (χ0) is 71.5. The molecule has 0 spiro atoms. The number of amides is 9. The van der Waals surface area contributed by atoms with Gasteiger partial charge in [0.05, 0.1) is 36.5 Å². The average Bonchev–Trinajstić information content (AvgIpc) is 0.810. The van der Waals surface area contributed by atoms with E-state index in [-0.39, 0.29) is 69.2 Å². The van der Waals surface area contributed by atoms with E-state index in [0.29, 0.717) is 0 Å². The molecule has 9 amide bonds. The highest BCUT2D eigenvalue weighted by molar-refractivity contribution is 7.89. The lowest BCUT2D eigenvalue weighted by molar-refractivity contribution is -0.149. The molecule has 92 heavy (non-hydrogen) atoms. The molecule has 0 aromatic rings. The fourth-order valence-corrected chi connectivity index (χ4v) is 12.9. The van der Waals surface area contributed by atoms with E-state index in [0.717, 1.165) is 16.1 Å². The fraction of sp³-hybridized carbons (Fsp3) is 0.791. The van der Waals surface area contributed by atoms with Gasteiger partial charge in [-0.25, -0.2) is 17.9 Å². The third-order valence-electron chi connectivity index (χ3n) is 17.5. The van der Waals surface area contributed by atoms with E-state index in [1.54, 1.807) is 74.5 Å². The lowest BCUT2D eigenvalue weighted by Crippen LogP contribution is -2.61. The van der Waals surface area contributed by atoms with Gasteiger partial charge in [-0.2, -0.15) is 0 Å². The highest BCUT2D eigenvalue weighted by Gasteiger charge is 2.46. The normalized spacial score (nSPS) is 26.8. The van der Waals surface area contributed by atoms with Crippen molar-refractivity contribution in [3.8, 4) is 0 Å². The molecule has 1 heterocycles. The van der Waals surface area contributed by atoms with Crippen molar-refractivity contribution in [3.05, 3.63) is 12.2 Å². The Morgan fingerprint density at radius 2 is 1.13 bits per heavy atom. The topological polar surface area (TPSA) is 324 Å². The molecule has 5 N–H and O–H groups in total. The Labute approximate surface area is 550 Å². The minimum absolute atomic E-state index is 0.0121. The minimum Gasteiger partial charge on any atom is -0.390 e. The summed E-state index contributed by atoms with van der Waals surface area (Å²) in [5.41, 5.74) is -1.41. The third-order valence-corrected chi connectivity index (χ3v) is 18.1. The predicted octanol–water partition coefficient (Wildman–Crippen LogP) is 5.57. The van der Waals surface area contributed by atoms with Gasteiger partial charge in [-0.3, -0.25) is 52.7 Å². The number of aliphatic hydroxyl groups is 1. The first-order valence-electron chi connectivity index (χ1n) is 32.8. The number of nitrogens with zero attached hydrogens (tertiary/aromatic N) is 5. The molecule has 25 heteroatoms. The first kappa shape index (κ1) is 83.9. The van der Waals surface area contributed by atoms with E-state index in [1.165, 1.54) is 70.7 Å². The maximum atomic E-state index is 15.3. The van der Waals surface area contributed by atoms with Gasteiger partial charge in [-0.1, -0.05) is 123 Å². The molecular formula is C67H117N9O15S. The van der Waals surface area contributed by atoms with E-state index in [4.69, 9.17) is 0 Å². The van der Waals surface area contributed by atoms with Gasteiger partial charge >= 0.3 is 6.03 Å². The Bertz CT molecular complexity index is 2730. The molecule has 1 rings (SSSR count). The van der Waals surface area contributed by atoms with Gasteiger partial charge in [0.2, 0.25) is 51.4 Å². The molecule has 0 bridgehead atoms. The summed E-state index contributed by atoms with van der Waals surface area (Å²) in [5.74, 6) is -13.6. The summed E-state index contributed by atoms with van der Waals surface area (Å²) in [6.45, 7) is 30.4. The van der Waals surface area contributed by atoms with Crippen molar-refractivity contribution >= 4 is 80.5 Å². The van der Waals surface area contributed by atoms with Gasteiger partial charge in [0.25, 0.3) is 0 Å². The van der Waals surface area contributed by atoms with E-state index in [2.05, 4.69) is 16.0 Å². The second-order valence-corrected chi connectivity index (χ2v) is 30.6. The van der Waals surface area contributed by atoms with E-state index >= 15 is 4.79 Å². The number of likely N-dealkylation sites (N-methyl/N-ethyl adjacent to an activating group) is 4. The van der Waals surface area contributed by atoms with Crippen LogP contribution in [0.3, 0.4) is 0 Å². The largest absolute Gasteiger partial charge is 0.390 e. The summed E-state index contributed by atoms with van der Waals surface area (Å²) in [5, 5.41) is 20.1. The van der Waals surface area contributed by atoms with Crippen LogP contribution in [-0.4, -0.2) is 205 Å². The zero-order valence-corrected chi connectivity index (χ0v) is 60.7. The number of hydrogen-bond donors (Lipinski definition) is 5. The zero-order valence-electron chi connectivity index (χ0n) is 59.9. The summed E-state index contributed by atoms with van der Waals surface area (Å²) >= 11 is 0. The van der Waals surface area contributed by atoms with Crippen LogP contribution in [0.25, 0.3) is 0 Å². The van der Waals surface area contributed by atoms with Gasteiger partial charge in [0, 0.05) is 96.6 Å². The number of carbonyl (C=O) groups is 12. The van der Waals surface area contributed by atoms with E-state index in [1.807, 2.05) is 46.3 Å². The lowest BCUT2D eigenvalue weighted by atomic mass is 9.76. The minimum atomic E-state index is -4.05. The highest BCUT2D eigenvalue weighted by atomic mass is 32.2. The fourth-order valence-electron chi connectivity index (χ4n) is 12.5. The molecule has 0 unspecified atom stereocenters. The number of sulfonamides is 1. The average molecular weight is 1320 g/mol. The Hall–Kier alpha value is -6.11. The molecule has 1 aliphatic rings. The third kappa shape index (κ3) is 25.0. The molecule has 13 atom stereocenters. The highest BCUT2D eigenvalue weighted by Crippen LogP contribution is 2.33. The van der Waals surface area contributed by atoms with Crippen LogP contribution in [0, 0.1) is 64.6 Å². The monoisotopic (exact) mass is 1320 g/mol. The summed E-state index contributed by atoms with van der Waals surface area (Å²) in [4.78, 5) is 181. The second kappa shape index (κ2) is 37.1. The van der Waals surface area contributed by atoms with Crippen LogP contribution in [0.15, 0.2) is 12.2 Å². The maximum absolute atomic E-state index is 15.3. The summed E-state index contributed by atoms with van der Waals surface area (Å²) in [7, 11) is 2.90. The molecule has 24 nitrogen and oxygen atoms in total. The first-order valence-corrected chi connectivity index (χ1v) is 34.7. The van der Waals surface area contributed by atoms with Gasteiger partial charge in [0.15, 0.2) is 23.1 Å². The SMILES string of the molecule is C/C=C/C[C@@H](C)[C@@H](O)[C@@H]1NC(=O)[C@H](C(C)C)N(C)C(=O)[C@H](CC(C)C)CC(=O)[C@H](CC(C)C)N(C)C(=O)[C@@H](C)NC(=O)[C@H](C)CC(=O)[C@H](CC(C)C)N(C)C(=O)[C@H](C(C)C)CC(=O)[C@H](C(C)(C)CN(C)C(=O)NS(C)(=O)=O)N(C)C(=O)[C@@H](C)CC(=O)[C@H](CC)NC1=O. The number of nitrogens with one attached hydrogen (secondary N) is 4. The van der Waals surface area contributed by atoms with Crippen molar-refractivity contribution in [3.63, 3.8) is 0 Å². The van der Waals surface area contributed by atoms with E-state index in [9.17, 15) is 66.3 Å². The Kier molecular flexibility index (Phi) is 33.8. The summed E-state index contributed by atoms with van der Waals surface area (Å²) in [6, 6.07) is -10.1. The Morgan fingerprint density at radius 1 is 0.630 bits per heavy atom. The first-order chi connectivity index (χ1) is 42.2. The smallest absolute Gasteiger partial charge is 0.330 e. The van der Waals surface area contributed by atoms with Crippen molar-refractivity contribution in [1.82, 2.24) is 45.2 Å². The molecule has 526 valence electrons. The quantitative estimate of drug-likeness (QED) is 0.111. The van der Waals surface area contributed by atoms with Crippen LogP contribution in [0.5, 0.6) is 0 Å². The number of hydrogen-bond acceptors (Lipinski definition) is 15. The van der Waals surface area contributed by atoms with Gasteiger partial charge < -0.3 is 45.6 Å². The molecule has 1 fully saturated rings. The van der Waals surface area contributed by atoms with E-state index < -0.39 is 189 Å². The molecule has 0 aliphatic carbocycles. The van der Waals surface area contributed by atoms with Crippen molar-refractivity contribution < 1.29 is 71.1 Å². The Morgan fingerprint density at radius 3 is 1.60 bits per heavy atom. The van der Waals surface area contributed by atoms with Crippen LogP contribution in [-0.2, 0) is 62.8 Å². The molecule has 1 aliphatic heterocycles. The van der Waals surface area contributed by atoms with Crippen molar-refractivity contribution in [2.45, 2.75) is 231 Å². The van der Waals surface area contributed by atoms with Crippen molar-refractivity contribution in [2.24, 2.45) is 64.6 Å². The molecule has 0 radical (unpaired) electrons. The Balaban J connectivity index is 4.41. The number of allylic oxidation sites excluding steroid dienone is 2. The molecule has 0 saturated carbocycles. The maximum Gasteiger partial charge on any atom is 0.330 e. The van der Waals surface area contributed by atoms with Gasteiger partial charge in [-0.15, -0.1) is 0 Å². The number of aliphatic hydroxyl groups excluding tert-OH is 1. The summed E-state index contributed by atoms with van der Waals surface area (Å²) in [6.07, 6.45) is 1.94. The molecular weight excluding hydrogens is 1200 g/mol. The van der Waals surface area contributed by atoms with Crippen LogP contribution >= 0.6 is 0 Å². The number of rotatable bonds is 17.